The zero-order chi connectivity index (χ0) is 11.2. The van der Waals surface area contributed by atoms with E-state index in [0.29, 0.717) is 6.04 Å². The first-order chi connectivity index (χ1) is 6.56. The van der Waals surface area contributed by atoms with Gasteiger partial charge in [0.25, 0.3) is 0 Å². The summed E-state index contributed by atoms with van der Waals surface area (Å²) in [7, 11) is 3.79. The number of ether oxygens (including phenoxy) is 1. The van der Waals surface area contributed by atoms with E-state index in [1.807, 2.05) is 7.05 Å². The van der Waals surface area contributed by atoms with Crippen LogP contribution < -0.4 is 5.32 Å². The summed E-state index contributed by atoms with van der Waals surface area (Å²) in [5.74, 6) is 0. The van der Waals surface area contributed by atoms with Gasteiger partial charge in [-0.2, -0.15) is 0 Å². The van der Waals surface area contributed by atoms with E-state index < -0.39 is 0 Å². The minimum atomic E-state index is -0.0479. The van der Waals surface area contributed by atoms with Crippen LogP contribution in [0.5, 0.6) is 0 Å². The molecule has 1 N–H and O–H groups in total. The fourth-order valence-electron chi connectivity index (χ4n) is 2.07. The Kier molecular flexibility index (Phi) is 6.05. The van der Waals surface area contributed by atoms with Gasteiger partial charge in [0.2, 0.25) is 0 Å². The molecule has 2 heteroatoms. The molecule has 0 fully saturated rings. The van der Waals surface area contributed by atoms with Gasteiger partial charge in [-0.05, 0) is 33.2 Å². The van der Waals surface area contributed by atoms with Crippen molar-refractivity contribution >= 4 is 0 Å². The van der Waals surface area contributed by atoms with Crippen LogP contribution in [0.15, 0.2) is 12.2 Å². The van der Waals surface area contributed by atoms with Crippen molar-refractivity contribution < 1.29 is 4.74 Å². The fourth-order valence-corrected chi connectivity index (χ4v) is 2.07. The van der Waals surface area contributed by atoms with Crippen molar-refractivity contribution in [1.82, 2.24) is 5.32 Å². The number of rotatable bonds is 7. The van der Waals surface area contributed by atoms with Crippen LogP contribution in [-0.4, -0.2) is 25.8 Å². The molecule has 0 aliphatic carbocycles. The Labute approximate surface area is 88.7 Å². The average Bonchev–Trinajstić information content (AvgIpc) is 2.19. The molecule has 0 aliphatic rings. The lowest BCUT2D eigenvalue weighted by Gasteiger charge is -2.38. The number of methoxy groups -OCH3 is 1. The minimum absolute atomic E-state index is 0.0479. The number of likely N-dealkylation sites (N-methyl/N-ethyl adjacent to an activating group) is 1. The summed E-state index contributed by atoms with van der Waals surface area (Å²) in [5.41, 5.74) is 1.15. The Morgan fingerprint density at radius 3 is 2.14 bits per heavy atom. The van der Waals surface area contributed by atoms with Gasteiger partial charge in [0.15, 0.2) is 0 Å². The Morgan fingerprint density at radius 2 is 1.93 bits per heavy atom. The maximum atomic E-state index is 5.69. The monoisotopic (exact) mass is 199 g/mol. The SMILES string of the molecule is C=C(C)CC(NC)C(CC)(CC)OC. The largest absolute Gasteiger partial charge is 0.377 e. The van der Waals surface area contributed by atoms with Crippen molar-refractivity contribution in [3.8, 4) is 0 Å². The van der Waals surface area contributed by atoms with E-state index >= 15 is 0 Å². The van der Waals surface area contributed by atoms with E-state index in [4.69, 9.17) is 4.74 Å². The van der Waals surface area contributed by atoms with E-state index in [-0.39, 0.29) is 5.60 Å². The van der Waals surface area contributed by atoms with E-state index in [1.165, 1.54) is 5.57 Å². The van der Waals surface area contributed by atoms with Gasteiger partial charge in [0, 0.05) is 13.2 Å². The molecule has 0 saturated carbocycles. The Morgan fingerprint density at radius 1 is 1.43 bits per heavy atom. The van der Waals surface area contributed by atoms with Crippen LogP contribution in [0.25, 0.3) is 0 Å². The van der Waals surface area contributed by atoms with Crippen molar-refractivity contribution in [3.63, 3.8) is 0 Å². The van der Waals surface area contributed by atoms with Crippen molar-refractivity contribution in [1.29, 1.82) is 0 Å². The third kappa shape index (κ3) is 3.10. The van der Waals surface area contributed by atoms with Gasteiger partial charge in [0.05, 0.1) is 5.60 Å². The quantitative estimate of drug-likeness (QED) is 0.637. The lowest BCUT2D eigenvalue weighted by atomic mass is 9.85. The zero-order valence-corrected chi connectivity index (χ0v) is 10.3. The molecule has 0 aromatic carbocycles. The van der Waals surface area contributed by atoms with Gasteiger partial charge in [0.1, 0.15) is 0 Å². The summed E-state index contributed by atoms with van der Waals surface area (Å²) >= 11 is 0. The summed E-state index contributed by atoms with van der Waals surface area (Å²) in [5, 5.41) is 3.34. The van der Waals surface area contributed by atoms with Gasteiger partial charge in [-0.25, -0.2) is 0 Å². The highest BCUT2D eigenvalue weighted by molar-refractivity contribution is 5.00. The van der Waals surface area contributed by atoms with Crippen LogP contribution >= 0.6 is 0 Å². The highest BCUT2D eigenvalue weighted by atomic mass is 16.5. The predicted octanol–water partition coefficient (Wildman–Crippen LogP) is 2.75. The highest BCUT2D eigenvalue weighted by Gasteiger charge is 2.34. The van der Waals surface area contributed by atoms with Crippen molar-refractivity contribution in [2.75, 3.05) is 14.2 Å². The molecule has 0 aliphatic heterocycles. The molecule has 84 valence electrons. The molecule has 0 radical (unpaired) electrons. The predicted molar refractivity (Wildman–Crippen MR) is 62.6 cm³/mol. The van der Waals surface area contributed by atoms with Crippen molar-refractivity contribution in [2.24, 2.45) is 0 Å². The first-order valence-electron chi connectivity index (χ1n) is 5.43. The number of nitrogens with one attached hydrogen (secondary N) is 1. The summed E-state index contributed by atoms with van der Waals surface area (Å²) in [6.07, 6.45) is 3.03. The smallest absolute Gasteiger partial charge is 0.0828 e. The standard InChI is InChI=1S/C12H25NO/c1-7-12(8-2,14-6)11(13-5)9-10(3)4/h11,13H,3,7-9H2,1-2,4-6H3. The van der Waals surface area contributed by atoms with Crippen LogP contribution in [0, 0.1) is 0 Å². The number of hydrogen-bond donors (Lipinski definition) is 1. The Bertz CT molecular complexity index is 165. The van der Waals surface area contributed by atoms with Crippen LogP contribution in [-0.2, 0) is 4.74 Å². The molecule has 0 amide bonds. The maximum Gasteiger partial charge on any atom is 0.0828 e. The fraction of sp³-hybridized carbons (Fsp3) is 0.833. The second-order valence-corrected chi connectivity index (χ2v) is 3.98. The molecule has 2 nitrogen and oxygen atoms in total. The number of hydrogen-bond acceptors (Lipinski definition) is 2. The van der Waals surface area contributed by atoms with Gasteiger partial charge in [-0.1, -0.05) is 19.4 Å². The highest BCUT2D eigenvalue weighted by Crippen LogP contribution is 2.27. The molecule has 0 rings (SSSR count). The second-order valence-electron chi connectivity index (χ2n) is 3.98. The maximum absolute atomic E-state index is 5.69. The summed E-state index contributed by atoms with van der Waals surface area (Å²) in [6.45, 7) is 10.4. The van der Waals surface area contributed by atoms with Crippen molar-refractivity contribution in [2.45, 2.75) is 51.7 Å². The van der Waals surface area contributed by atoms with E-state index in [0.717, 1.165) is 19.3 Å². The van der Waals surface area contributed by atoms with Crippen LogP contribution in [0.2, 0.25) is 0 Å². The molecule has 0 bridgehead atoms. The molecule has 1 unspecified atom stereocenters. The van der Waals surface area contributed by atoms with Gasteiger partial charge in [-0.15, -0.1) is 6.58 Å². The lowest BCUT2D eigenvalue weighted by molar-refractivity contribution is -0.0453. The first-order valence-corrected chi connectivity index (χ1v) is 5.43. The molecule has 1 atom stereocenters. The van der Waals surface area contributed by atoms with E-state index in [2.05, 4.69) is 32.7 Å². The first kappa shape index (κ1) is 13.7. The second kappa shape index (κ2) is 6.20. The molecule has 0 saturated heterocycles. The summed E-state index contributed by atoms with van der Waals surface area (Å²) in [6, 6.07) is 0.361. The molecular formula is C12H25NO. The zero-order valence-electron chi connectivity index (χ0n) is 10.3. The Hall–Kier alpha value is -0.340. The van der Waals surface area contributed by atoms with Crippen LogP contribution in [0.3, 0.4) is 0 Å². The summed E-state index contributed by atoms with van der Waals surface area (Å²) in [4.78, 5) is 0. The molecule has 0 spiro atoms. The third-order valence-corrected chi connectivity index (χ3v) is 3.14. The van der Waals surface area contributed by atoms with Crippen molar-refractivity contribution in [3.05, 3.63) is 12.2 Å². The molecule has 0 aromatic rings. The summed E-state index contributed by atoms with van der Waals surface area (Å²) < 4.78 is 5.69. The molecule has 0 heterocycles. The van der Waals surface area contributed by atoms with E-state index in [1.54, 1.807) is 7.11 Å². The Balaban J connectivity index is 4.64. The normalized spacial score (nSPS) is 14.1. The lowest BCUT2D eigenvalue weighted by Crippen LogP contribution is -2.50. The van der Waals surface area contributed by atoms with Crippen LogP contribution in [0.1, 0.15) is 40.0 Å². The topological polar surface area (TPSA) is 21.3 Å². The molecular weight excluding hydrogens is 174 g/mol. The van der Waals surface area contributed by atoms with Crippen LogP contribution in [0.4, 0.5) is 0 Å². The van der Waals surface area contributed by atoms with Gasteiger partial charge in [-0.3, -0.25) is 0 Å². The van der Waals surface area contributed by atoms with Gasteiger partial charge < -0.3 is 10.1 Å². The average molecular weight is 199 g/mol. The minimum Gasteiger partial charge on any atom is -0.377 e. The van der Waals surface area contributed by atoms with E-state index in [9.17, 15) is 0 Å². The molecule has 14 heavy (non-hydrogen) atoms. The van der Waals surface area contributed by atoms with Gasteiger partial charge >= 0.3 is 0 Å². The molecule has 0 aromatic heterocycles. The third-order valence-electron chi connectivity index (χ3n) is 3.14.